The van der Waals surface area contributed by atoms with Gasteiger partial charge in [0.2, 0.25) is 11.8 Å². The predicted octanol–water partition coefficient (Wildman–Crippen LogP) is 3.13. The zero-order valence-corrected chi connectivity index (χ0v) is 10.1. The molecule has 0 amide bonds. The number of aromatic nitrogens is 2. The minimum atomic E-state index is 0.495. The van der Waals surface area contributed by atoms with E-state index in [0.717, 1.165) is 11.1 Å². The van der Waals surface area contributed by atoms with Crippen LogP contribution >= 0.6 is 11.6 Å². The lowest BCUT2D eigenvalue weighted by atomic mass is 10.1. The zero-order chi connectivity index (χ0) is 11.5. The van der Waals surface area contributed by atoms with E-state index < -0.39 is 0 Å². The first-order chi connectivity index (χ1) is 7.70. The van der Waals surface area contributed by atoms with Crippen LogP contribution in [0.2, 0.25) is 0 Å². The van der Waals surface area contributed by atoms with E-state index in [-0.39, 0.29) is 0 Å². The first kappa shape index (κ1) is 11.1. The molecule has 3 nitrogen and oxygen atoms in total. The molecule has 0 spiro atoms. The van der Waals surface area contributed by atoms with Crippen LogP contribution in [0.4, 0.5) is 0 Å². The molecule has 4 heteroatoms. The van der Waals surface area contributed by atoms with E-state index in [1.54, 1.807) is 0 Å². The second kappa shape index (κ2) is 4.66. The number of hydrogen-bond acceptors (Lipinski definition) is 3. The van der Waals surface area contributed by atoms with E-state index in [9.17, 15) is 0 Å². The molecule has 0 aliphatic carbocycles. The lowest BCUT2D eigenvalue weighted by molar-refractivity contribution is 0.513. The molecule has 0 bridgehead atoms. The predicted molar refractivity (Wildman–Crippen MR) is 63.6 cm³/mol. The van der Waals surface area contributed by atoms with Crippen LogP contribution in [0.25, 0.3) is 11.5 Å². The van der Waals surface area contributed by atoms with Gasteiger partial charge in [0, 0.05) is 17.9 Å². The van der Waals surface area contributed by atoms with Gasteiger partial charge >= 0.3 is 0 Å². The molecule has 0 aliphatic heterocycles. The van der Waals surface area contributed by atoms with Gasteiger partial charge in [-0.1, -0.05) is 17.7 Å². The van der Waals surface area contributed by atoms with Crippen LogP contribution in [0.1, 0.15) is 17.0 Å². The van der Waals surface area contributed by atoms with Crippen LogP contribution in [0.5, 0.6) is 0 Å². The van der Waals surface area contributed by atoms with Crippen molar-refractivity contribution in [1.82, 2.24) is 10.2 Å². The summed E-state index contributed by atoms with van der Waals surface area (Å²) in [5, 5.41) is 7.96. The number of alkyl halides is 1. The Morgan fingerprint density at radius 1 is 1.25 bits per heavy atom. The third kappa shape index (κ3) is 2.25. The van der Waals surface area contributed by atoms with Crippen molar-refractivity contribution in [2.24, 2.45) is 0 Å². The van der Waals surface area contributed by atoms with Crippen LogP contribution in [-0.4, -0.2) is 16.1 Å². The van der Waals surface area contributed by atoms with E-state index >= 15 is 0 Å². The molecule has 0 atom stereocenters. The molecule has 1 aromatic carbocycles. The van der Waals surface area contributed by atoms with Crippen LogP contribution in [0, 0.1) is 13.8 Å². The Bertz CT molecular complexity index is 494. The largest absolute Gasteiger partial charge is 0.421 e. The monoisotopic (exact) mass is 236 g/mol. The maximum absolute atomic E-state index is 5.62. The minimum absolute atomic E-state index is 0.495. The third-order valence-corrected chi connectivity index (χ3v) is 2.58. The summed E-state index contributed by atoms with van der Waals surface area (Å²) in [7, 11) is 0. The summed E-state index contributed by atoms with van der Waals surface area (Å²) >= 11 is 5.62. The van der Waals surface area contributed by atoms with Crippen molar-refractivity contribution in [1.29, 1.82) is 0 Å². The Labute approximate surface area is 99.5 Å². The van der Waals surface area contributed by atoms with Gasteiger partial charge in [-0.3, -0.25) is 0 Å². The molecule has 16 heavy (non-hydrogen) atoms. The summed E-state index contributed by atoms with van der Waals surface area (Å²) in [5.41, 5.74) is 3.35. The normalized spacial score (nSPS) is 10.7. The summed E-state index contributed by atoms with van der Waals surface area (Å²) in [6.07, 6.45) is 0.611. The fourth-order valence-corrected chi connectivity index (χ4v) is 1.76. The maximum atomic E-state index is 5.62. The topological polar surface area (TPSA) is 38.9 Å². The minimum Gasteiger partial charge on any atom is -0.421 e. The van der Waals surface area contributed by atoms with Crippen molar-refractivity contribution in [3.63, 3.8) is 0 Å². The number of halogens is 1. The molecule has 0 saturated heterocycles. The quantitative estimate of drug-likeness (QED) is 0.769. The molecule has 0 N–H and O–H groups in total. The highest BCUT2D eigenvalue weighted by Gasteiger charge is 2.10. The number of benzene rings is 1. The molecule has 0 saturated carbocycles. The smallest absolute Gasteiger partial charge is 0.247 e. The summed E-state index contributed by atoms with van der Waals surface area (Å²) in [5.74, 6) is 1.65. The molecule has 0 radical (unpaired) electrons. The van der Waals surface area contributed by atoms with E-state index in [4.69, 9.17) is 16.0 Å². The Morgan fingerprint density at radius 2 is 2.06 bits per heavy atom. The Morgan fingerprint density at radius 3 is 2.75 bits per heavy atom. The summed E-state index contributed by atoms with van der Waals surface area (Å²) < 4.78 is 5.52. The summed E-state index contributed by atoms with van der Waals surface area (Å²) in [6, 6.07) is 6.14. The van der Waals surface area contributed by atoms with E-state index in [0.29, 0.717) is 24.1 Å². The highest BCUT2D eigenvalue weighted by molar-refractivity contribution is 6.17. The Balaban J connectivity index is 2.35. The Kier molecular flexibility index (Phi) is 3.25. The van der Waals surface area contributed by atoms with Crippen LogP contribution < -0.4 is 0 Å². The number of aryl methyl sites for hydroxylation is 3. The average molecular weight is 237 g/mol. The van der Waals surface area contributed by atoms with Gasteiger partial charge in [0.25, 0.3) is 0 Å². The fraction of sp³-hybridized carbons (Fsp3) is 0.333. The summed E-state index contributed by atoms with van der Waals surface area (Å²) in [4.78, 5) is 0. The third-order valence-electron chi connectivity index (χ3n) is 2.39. The van der Waals surface area contributed by atoms with Gasteiger partial charge in [0.1, 0.15) is 0 Å². The number of hydrogen-bond donors (Lipinski definition) is 0. The molecule has 0 fully saturated rings. The molecular formula is C12H13ClN2O. The SMILES string of the molecule is Cc1ccc(-c2nnc(CCCl)o2)c(C)c1. The van der Waals surface area contributed by atoms with Crippen LogP contribution in [0.3, 0.4) is 0 Å². The highest BCUT2D eigenvalue weighted by Crippen LogP contribution is 2.22. The van der Waals surface area contributed by atoms with Gasteiger partial charge in [0.15, 0.2) is 0 Å². The number of nitrogens with zero attached hydrogens (tertiary/aromatic N) is 2. The number of rotatable bonds is 3. The highest BCUT2D eigenvalue weighted by atomic mass is 35.5. The average Bonchev–Trinajstić information content (AvgIpc) is 2.67. The second-order valence-electron chi connectivity index (χ2n) is 3.76. The van der Waals surface area contributed by atoms with Crippen LogP contribution in [0.15, 0.2) is 22.6 Å². The van der Waals surface area contributed by atoms with Crippen molar-refractivity contribution in [2.75, 3.05) is 5.88 Å². The van der Waals surface area contributed by atoms with Crippen LogP contribution in [-0.2, 0) is 6.42 Å². The zero-order valence-electron chi connectivity index (χ0n) is 9.33. The molecule has 0 unspecified atom stereocenters. The van der Waals surface area contributed by atoms with Gasteiger partial charge in [-0.2, -0.15) is 0 Å². The molecule has 84 valence electrons. The van der Waals surface area contributed by atoms with E-state index in [1.807, 2.05) is 19.1 Å². The second-order valence-corrected chi connectivity index (χ2v) is 4.14. The van der Waals surface area contributed by atoms with Crippen molar-refractivity contribution < 1.29 is 4.42 Å². The van der Waals surface area contributed by atoms with Gasteiger partial charge in [0.05, 0.1) is 0 Å². The molecular weight excluding hydrogens is 224 g/mol. The first-order valence-corrected chi connectivity index (χ1v) is 5.70. The van der Waals surface area contributed by atoms with Gasteiger partial charge < -0.3 is 4.42 Å². The maximum Gasteiger partial charge on any atom is 0.247 e. The lowest BCUT2D eigenvalue weighted by Gasteiger charge is -2.01. The fourth-order valence-electron chi connectivity index (χ4n) is 1.60. The molecule has 2 aromatic rings. The lowest BCUT2D eigenvalue weighted by Crippen LogP contribution is -1.84. The summed E-state index contributed by atoms with van der Waals surface area (Å²) in [6.45, 7) is 4.09. The van der Waals surface area contributed by atoms with E-state index in [1.165, 1.54) is 5.56 Å². The first-order valence-electron chi connectivity index (χ1n) is 5.16. The van der Waals surface area contributed by atoms with Gasteiger partial charge in [-0.15, -0.1) is 21.8 Å². The van der Waals surface area contributed by atoms with Crippen molar-refractivity contribution >= 4 is 11.6 Å². The van der Waals surface area contributed by atoms with Gasteiger partial charge in [-0.25, -0.2) is 0 Å². The standard InChI is InChI=1S/C12H13ClN2O/c1-8-3-4-10(9(2)7-8)12-15-14-11(16-12)5-6-13/h3-4,7H,5-6H2,1-2H3. The Hall–Kier alpha value is -1.35. The van der Waals surface area contributed by atoms with Gasteiger partial charge in [-0.05, 0) is 25.5 Å². The molecule has 1 heterocycles. The van der Waals surface area contributed by atoms with E-state index in [2.05, 4.69) is 23.2 Å². The molecule has 2 rings (SSSR count). The molecule has 1 aromatic heterocycles. The van der Waals surface area contributed by atoms with Crippen molar-refractivity contribution in [2.45, 2.75) is 20.3 Å². The van der Waals surface area contributed by atoms with Crippen molar-refractivity contribution in [3.05, 3.63) is 35.2 Å². The van der Waals surface area contributed by atoms with Crippen molar-refractivity contribution in [3.8, 4) is 11.5 Å². The molecule has 0 aliphatic rings.